The van der Waals surface area contributed by atoms with Gasteiger partial charge in [0.15, 0.2) is 14.8 Å². The highest BCUT2D eigenvalue weighted by Gasteiger charge is 2.49. The van der Waals surface area contributed by atoms with Crippen LogP contribution in [0.25, 0.3) is 0 Å². The number of methoxy groups -OCH3 is 1. The Hall–Kier alpha value is -1.20. The third-order valence-corrected chi connectivity index (χ3v) is 9.46. The highest BCUT2D eigenvalue weighted by Crippen LogP contribution is 2.51. The van der Waals surface area contributed by atoms with Crippen molar-refractivity contribution in [3.05, 3.63) is 23.8 Å². The number of unbranched alkanes of at least 4 members (excludes halogenated alkanes) is 1. The largest absolute Gasteiger partial charge is 0.469 e. The maximum absolute atomic E-state index is 13.1. The van der Waals surface area contributed by atoms with Crippen LogP contribution in [0.5, 0.6) is 0 Å². The van der Waals surface area contributed by atoms with E-state index in [1.54, 1.807) is 0 Å². The number of ketones is 1. The molecule has 0 radical (unpaired) electrons. The summed E-state index contributed by atoms with van der Waals surface area (Å²) in [5.41, 5.74) is 0.830. The number of esters is 1. The summed E-state index contributed by atoms with van der Waals surface area (Å²) in [6.07, 6.45) is 18.5. The van der Waals surface area contributed by atoms with Gasteiger partial charge in [-0.1, -0.05) is 58.3 Å². The van der Waals surface area contributed by atoms with Crippen molar-refractivity contribution in [2.45, 2.75) is 110 Å². The predicted molar refractivity (Wildman–Crippen MR) is 141 cm³/mol. The lowest BCUT2D eigenvalue weighted by Crippen LogP contribution is -2.52. The summed E-state index contributed by atoms with van der Waals surface area (Å²) in [5, 5.41) is 0. The molecule has 34 heavy (non-hydrogen) atoms. The molecule has 4 atom stereocenters. The molecule has 4 nitrogen and oxygen atoms in total. The molecule has 0 saturated heterocycles. The second-order valence-electron chi connectivity index (χ2n) is 12.2. The minimum absolute atomic E-state index is 0.0387. The van der Waals surface area contributed by atoms with Crippen LogP contribution in [0.3, 0.4) is 0 Å². The molecule has 3 saturated carbocycles. The van der Waals surface area contributed by atoms with E-state index in [2.05, 4.69) is 52.1 Å². The van der Waals surface area contributed by atoms with Gasteiger partial charge in [0.2, 0.25) is 0 Å². The van der Waals surface area contributed by atoms with Gasteiger partial charge in [-0.15, -0.1) is 0 Å². The molecular weight excluding hydrogens is 440 g/mol. The lowest BCUT2D eigenvalue weighted by molar-refractivity contribution is -0.140. The minimum atomic E-state index is -1.25. The number of carbonyl (C=O) groups excluding carboxylic acids is 2. The quantitative estimate of drug-likeness (QED) is 0.118. The molecule has 0 aromatic rings. The summed E-state index contributed by atoms with van der Waals surface area (Å²) >= 11 is 0. The molecule has 0 aliphatic heterocycles. The maximum Gasteiger partial charge on any atom is 0.305 e. The maximum atomic E-state index is 13.1. The zero-order valence-corrected chi connectivity index (χ0v) is 23.7. The van der Waals surface area contributed by atoms with E-state index >= 15 is 0 Å². The number of rotatable bonds is 9. The first-order valence-corrected chi connectivity index (χ1v) is 16.5. The molecule has 0 aromatic carbocycles. The van der Waals surface area contributed by atoms with Gasteiger partial charge in [0.25, 0.3) is 0 Å². The molecule has 0 spiro atoms. The molecule has 0 N–H and O–H groups in total. The van der Waals surface area contributed by atoms with E-state index < -0.39 is 9.04 Å². The Morgan fingerprint density at radius 2 is 1.79 bits per heavy atom. The Morgan fingerprint density at radius 1 is 1.09 bits per heavy atom. The third-order valence-electron chi connectivity index (χ3n) is 8.60. The molecule has 5 heteroatoms. The Kier molecular flexibility index (Phi) is 9.41. The number of allylic oxidation sites excluding steroid dienone is 3. The van der Waals surface area contributed by atoms with Crippen LogP contribution in [0.4, 0.5) is 0 Å². The topological polar surface area (TPSA) is 52.6 Å². The average Bonchev–Trinajstić information content (AvgIpc) is 3.33. The van der Waals surface area contributed by atoms with Crippen LogP contribution < -0.4 is 0 Å². The van der Waals surface area contributed by atoms with E-state index in [1.165, 1.54) is 39.2 Å². The first kappa shape index (κ1) is 27.4. The van der Waals surface area contributed by atoms with E-state index in [4.69, 9.17) is 9.16 Å². The third kappa shape index (κ3) is 6.13. The van der Waals surface area contributed by atoms with Gasteiger partial charge in [0.05, 0.1) is 12.7 Å². The highest BCUT2D eigenvalue weighted by atomic mass is 28.3. The SMILES string of the molecule is COC(=O)CCCC=C1CC2C(C=CC(O[SiH](C)C)(C3CCCCC3)C(C)(C)C)CCC2C1=O. The van der Waals surface area contributed by atoms with E-state index in [0.717, 1.165) is 37.7 Å². The first-order chi connectivity index (χ1) is 16.1. The van der Waals surface area contributed by atoms with E-state index in [0.29, 0.717) is 30.0 Å². The van der Waals surface area contributed by atoms with Gasteiger partial charge in [0, 0.05) is 12.3 Å². The smallest absolute Gasteiger partial charge is 0.305 e. The van der Waals surface area contributed by atoms with Gasteiger partial charge in [-0.05, 0) is 86.8 Å². The van der Waals surface area contributed by atoms with Crippen LogP contribution in [-0.2, 0) is 18.8 Å². The van der Waals surface area contributed by atoms with E-state index in [1.807, 2.05) is 0 Å². The second-order valence-corrected chi connectivity index (χ2v) is 14.5. The van der Waals surface area contributed by atoms with Crippen LogP contribution in [0.15, 0.2) is 23.8 Å². The fourth-order valence-corrected chi connectivity index (χ4v) is 8.26. The number of Topliss-reactive ketones (excluding diaryl/α,β-unsaturated/α-hetero) is 1. The predicted octanol–water partition coefficient (Wildman–Crippen LogP) is 6.79. The Balaban J connectivity index is 1.76. The molecule has 0 heterocycles. The van der Waals surface area contributed by atoms with Crippen LogP contribution in [-0.4, -0.2) is 33.5 Å². The van der Waals surface area contributed by atoms with Gasteiger partial charge in [0.1, 0.15) is 0 Å². The van der Waals surface area contributed by atoms with Crippen LogP contribution in [0.2, 0.25) is 13.1 Å². The number of hydrogen-bond donors (Lipinski definition) is 0. The number of fused-ring (bicyclic) bond motifs is 1. The molecule has 192 valence electrons. The lowest BCUT2D eigenvalue weighted by Gasteiger charge is -2.51. The number of hydrogen-bond acceptors (Lipinski definition) is 4. The van der Waals surface area contributed by atoms with Crippen LogP contribution >= 0.6 is 0 Å². The summed E-state index contributed by atoms with van der Waals surface area (Å²) in [6.45, 7) is 11.7. The van der Waals surface area contributed by atoms with Crippen molar-refractivity contribution < 1.29 is 18.8 Å². The van der Waals surface area contributed by atoms with Crippen molar-refractivity contribution in [2.24, 2.45) is 29.1 Å². The molecule has 0 aromatic heterocycles. The van der Waals surface area contributed by atoms with Gasteiger partial charge in [-0.3, -0.25) is 9.59 Å². The molecule has 4 unspecified atom stereocenters. The fourth-order valence-electron chi connectivity index (χ4n) is 6.86. The molecule has 3 rings (SSSR count). The zero-order chi connectivity index (χ0) is 24.9. The number of carbonyl (C=O) groups is 2. The summed E-state index contributed by atoms with van der Waals surface area (Å²) in [4.78, 5) is 24.4. The fraction of sp³-hybridized carbons (Fsp3) is 0.793. The molecule has 3 fully saturated rings. The summed E-state index contributed by atoms with van der Waals surface area (Å²) in [7, 11) is 0.175. The average molecular weight is 489 g/mol. The summed E-state index contributed by atoms with van der Waals surface area (Å²) in [6, 6.07) is 0. The minimum Gasteiger partial charge on any atom is -0.469 e. The van der Waals surface area contributed by atoms with Gasteiger partial charge in [-0.2, -0.15) is 0 Å². The zero-order valence-electron chi connectivity index (χ0n) is 22.5. The van der Waals surface area contributed by atoms with Crippen LogP contribution in [0.1, 0.15) is 91.4 Å². The molecule has 0 bridgehead atoms. The Labute approximate surface area is 209 Å². The van der Waals surface area contributed by atoms with Crippen molar-refractivity contribution >= 4 is 20.8 Å². The second kappa shape index (κ2) is 11.7. The monoisotopic (exact) mass is 488 g/mol. The van der Waals surface area contributed by atoms with Crippen molar-refractivity contribution in [2.75, 3.05) is 7.11 Å². The Bertz CT molecular complexity index is 771. The van der Waals surface area contributed by atoms with Gasteiger partial charge < -0.3 is 9.16 Å². The first-order valence-electron chi connectivity index (χ1n) is 13.8. The molecule has 0 amide bonds. The van der Waals surface area contributed by atoms with Gasteiger partial charge in [-0.25, -0.2) is 0 Å². The van der Waals surface area contributed by atoms with Crippen LogP contribution in [0, 0.1) is 29.1 Å². The summed E-state index contributed by atoms with van der Waals surface area (Å²) in [5.74, 6) is 1.83. The number of ether oxygens (including phenoxy) is 1. The summed E-state index contributed by atoms with van der Waals surface area (Å²) < 4.78 is 11.7. The van der Waals surface area contributed by atoms with Crippen molar-refractivity contribution in [3.8, 4) is 0 Å². The molecule has 3 aliphatic rings. The normalized spacial score (nSPS) is 29.2. The van der Waals surface area contributed by atoms with Crippen molar-refractivity contribution in [3.63, 3.8) is 0 Å². The highest BCUT2D eigenvalue weighted by molar-refractivity contribution is 6.48. The van der Waals surface area contributed by atoms with E-state index in [-0.39, 0.29) is 22.9 Å². The van der Waals surface area contributed by atoms with Gasteiger partial charge >= 0.3 is 5.97 Å². The van der Waals surface area contributed by atoms with E-state index in [9.17, 15) is 9.59 Å². The Morgan fingerprint density at radius 3 is 2.41 bits per heavy atom. The standard InChI is InChI=1S/C29H48O4Si/c1-28(2,3)29(33-34(5)6,23-13-8-7-9-14-23)19-18-21-16-17-24-25(21)20-22(27(24)31)12-10-11-15-26(30)32-4/h12,18-19,21,23-25,34H,7-11,13-17,20H2,1-6H3. The molecular formula is C29H48O4Si. The van der Waals surface area contributed by atoms with Crippen molar-refractivity contribution in [1.29, 1.82) is 0 Å². The lowest BCUT2D eigenvalue weighted by atomic mass is 9.64. The molecule has 3 aliphatic carbocycles. The van der Waals surface area contributed by atoms with Crippen molar-refractivity contribution in [1.82, 2.24) is 0 Å².